The van der Waals surface area contributed by atoms with Crippen molar-refractivity contribution in [1.29, 1.82) is 0 Å². The van der Waals surface area contributed by atoms with Crippen LogP contribution in [0, 0.1) is 11.6 Å². The van der Waals surface area contributed by atoms with Gasteiger partial charge in [0, 0.05) is 46.2 Å². The summed E-state index contributed by atoms with van der Waals surface area (Å²) in [5.74, 6) is -2.57. The van der Waals surface area contributed by atoms with Crippen molar-refractivity contribution >= 4 is 22.5 Å². The Labute approximate surface area is 256 Å². The number of hydrogen-bond acceptors (Lipinski definition) is 5. The van der Waals surface area contributed by atoms with E-state index < -0.39 is 40.5 Å². The van der Waals surface area contributed by atoms with Gasteiger partial charge in [0.15, 0.2) is 11.6 Å². The minimum absolute atomic E-state index is 0.0787. The zero-order valence-corrected chi connectivity index (χ0v) is 24.1. The molecule has 3 aromatic heterocycles. The minimum Gasteiger partial charge on any atom is -0.454 e. The van der Waals surface area contributed by atoms with Crippen LogP contribution in [0.5, 0.6) is 11.5 Å². The fourth-order valence-electron chi connectivity index (χ4n) is 4.95. The summed E-state index contributed by atoms with van der Waals surface area (Å²) in [5, 5.41) is 14.2. The maximum absolute atomic E-state index is 15.3. The van der Waals surface area contributed by atoms with Crippen LogP contribution in [0.25, 0.3) is 27.7 Å². The smallest absolute Gasteiger partial charge is 0.431 e. The second-order valence-corrected chi connectivity index (χ2v) is 10.5. The number of nitrogens with one attached hydrogen (secondary N) is 2. The van der Waals surface area contributed by atoms with Gasteiger partial charge >= 0.3 is 6.18 Å². The SMILES string of the molecule is CC(C)n1ncc2cc(Oc3ccc(NC(=O)c4ccc(C(F)(F)F)n(-c5ccc(F)cc5)c4=O)cc3F)c(-c3cn[nH]c3)cc21. The summed E-state index contributed by atoms with van der Waals surface area (Å²) >= 11 is 0. The van der Waals surface area contributed by atoms with Gasteiger partial charge < -0.3 is 10.1 Å². The van der Waals surface area contributed by atoms with E-state index in [9.17, 15) is 27.2 Å². The lowest BCUT2D eigenvalue weighted by Gasteiger charge is -2.17. The average Bonchev–Trinajstić information content (AvgIpc) is 3.68. The number of H-pyrrole nitrogens is 1. The molecule has 0 atom stereocenters. The highest BCUT2D eigenvalue weighted by Crippen LogP contribution is 2.38. The summed E-state index contributed by atoms with van der Waals surface area (Å²) in [6, 6.07) is 12.2. The third-order valence-corrected chi connectivity index (χ3v) is 7.11. The Bertz CT molecular complexity index is 2140. The molecule has 1 amide bonds. The molecule has 0 aliphatic heterocycles. The molecule has 9 nitrogen and oxygen atoms in total. The summed E-state index contributed by atoms with van der Waals surface area (Å²) in [7, 11) is 0. The van der Waals surface area contributed by atoms with Gasteiger partial charge in [-0.1, -0.05) is 0 Å². The van der Waals surface area contributed by atoms with Gasteiger partial charge in [0.1, 0.15) is 22.8 Å². The molecule has 6 rings (SSSR count). The molecular formula is C32H23F5N6O3. The van der Waals surface area contributed by atoms with E-state index in [-0.39, 0.29) is 27.7 Å². The predicted octanol–water partition coefficient (Wildman–Crippen LogP) is 7.50. The summed E-state index contributed by atoms with van der Waals surface area (Å²) in [5.41, 5.74) is -1.59. The summed E-state index contributed by atoms with van der Waals surface area (Å²) in [6.45, 7) is 3.98. The van der Waals surface area contributed by atoms with Gasteiger partial charge in [0.05, 0.1) is 17.9 Å². The predicted molar refractivity (Wildman–Crippen MR) is 159 cm³/mol. The number of carbonyl (C=O) groups excluding carboxylic acids is 1. The number of alkyl halides is 3. The lowest BCUT2D eigenvalue weighted by molar-refractivity contribution is -0.142. The van der Waals surface area contributed by atoms with Gasteiger partial charge in [-0.15, -0.1) is 0 Å². The molecule has 234 valence electrons. The van der Waals surface area contributed by atoms with Crippen LogP contribution in [0.3, 0.4) is 0 Å². The second kappa shape index (κ2) is 11.6. The first kappa shape index (κ1) is 30.2. The van der Waals surface area contributed by atoms with E-state index in [2.05, 4.69) is 20.6 Å². The van der Waals surface area contributed by atoms with Crippen LogP contribution in [0.1, 0.15) is 35.9 Å². The van der Waals surface area contributed by atoms with Crippen LogP contribution >= 0.6 is 0 Å². The van der Waals surface area contributed by atoms with Crippen molar-refractivity contribution in [3.8, 4) is 28.3 Å². The number of nitrogens with zero attached hydrogens (tertiary/aromatic N) is 4. The Morgan fingerprint density at radius 2 is 1.72 bits per heavy atom. The van der Waals surface area contributed by atoms with Gasteiger partial charge in [0.2, 0.25) is 0 Å². The van der Waals surface area contributed by atoms with Crippen molar-refractivity contribution in [1.82, 2.24) is 24.5 Å². The molecule has 0 aliphatic carbocycles. The molecule has 46 heavy (non-hydrogen) atoms. The number of pyridine rings is 1. The zero-order chi connectivity index (χ0) is 32.7. The minimum atomic E-state index is -4.96. The molecule has 0 spiro atoms. The van der Waals surface area contributed by atoms with E-state index in [1.165, 1.54) is 12.1 Å². The van der Waals surface area contributed by atoms with E-state index in [1.807, 2.05) is 24.6 Å². The second-order valence-electron chi connectivity index (χ2n) is 10.5. The lowest BCUT2D eigenvalue weighted by Crippen LogP contribution is -2.32. The molecule has 0 radical (unpaired) electrons. The topological polar surface area (TPSA) is 107 Å². The van der Waals surface area contributed by atoms with Crippen molar-refractivity contribution in [3.63, 3.8) is 0 Å². The van der Waals surface area contributed by atoms with Crippen molar-refractivity contribution in [2.45, 2.75) is 26.1 Å². The lowest BCUT2D eigenvalue weighted by atomic mass is 10.1. The number of amides is 1. The summed E-state index contributed by atoms with van der Waals surface area (Å²) in [4.78, 5) is 26.2. The Kier molecular flexibility index (Phi) is 7.64. The van der Waals surface area contributed by atoms with Crippen LogP contribution in [0.15, 0.2) is 90.1 Å². The monoisotopic (exact) mass is 634 g/mol. The van der Waals surface area contributed by atoms with E-state index >= 15 is 4.39 Å². The Morgan fingerprint density at radius 3 is 2.37 bits per heavy atom. The fourth-order valence-corrected chi connectivity index (χ4v) is 4.95. The van der Waals surface area contributed by atoms with Crippen LogP contribution in [-0.2, 0) is 6.18 Å². The standard InChI is InChI=1S/C32H23F5N6O3/c1-17(2)43-26-13-24(19-14-38-39-15-19)28(11-18(26)16-40-43)46-27-9-5-21(12-25(27)34)41-30(44)23-8-10-29(32(35,36)37)42(31(23)45)22-6-3-20(33)4-7-22/h3-17H,1-2H3,(H,38,39)(H,41,44). The third-order valence-electron chi connectivity index (χ3n) is 7.11. The molecule has 3 heterocycles. The highest BCUT2D eigenvalue weighted by atomic mass is 19.4. The van der Waals surface area contributed by atoms with Crippen molar-refractivity contribution in [3.05, 3.63) is 119 Å². The molecular weight excluding hydrogens is 611 g/mol. The van der Waals surface area contributed by atoms with Gasteiger partial charge in [-0.25, -0.2) is 8.78 Å². The molecule has 0 bridgehead atoms. The molecule has 3 aromatic carbocycles. The number of ether oxygens (including phenoxy) is 1. The van der Waals surface area contributed by atoms with Crippen molar-refractivity contribution < 1.29 is 31.5 Å². The van der Waals surface area contributed by atoms with Crippen LogP contribution in [0.2, 0.25) is 0 Å². The first-order valence-corrected chi connectivity index (χ1v) is 13.8. The number of carbonyl (C=O) groups is 1. The highest BCUT2D eigenvalue weighted by Gasteiger charge is 2.36. The molecule has 0 saturated heterocycles. The summed E-state index contributed by atoms with van der Waals surface area (Å²) < 4.78 is 78.0. The molecule has 0 aliphatic rings. The number of hydrogen-bond donors (Lipinski definition) is 2. The van der Waals surface area contributed by atoms with Gasteiger partial charge in [-0.2, -0.15) is 23.4 Å². The van der Waals surface area contributed by atoms with E-state index in [4.69, 9.17) is 4.74 Å². The first-order valence-electron chi connectivity index (χ1n) is 13.8. The van der Waals surface area contributed by atoms with E-state index in [1.54, 1.807) is 24.7 Å². The number of fused-ring (bicyclic) bond motifs is 1. The van der Waals surface area contributed by atoms with Crippen LogP contribution in [0.4, 0.5) is 27.6 Å². The van der Waals surface area contributed by atoms with Gasteiger partial charge in [-0.05, 0) is 74.5 Å². The molecule has 0 unspecified atom stereocenters. The number of aromatic amines is 1. The normalized spacial score (nSPS) is 11.7. The van der Waals surface area contributed by atoms with Crippen LogP contribution in [-0.4, -0.2) is 30.5 Å². The number of anilines is 1. The zero-order valence-electron chi connectivity index (χ0n) is 24.1. The van der Waals surface area contributed by atoms with E-state index in [0.717, 1.165) is 47.3 Å². The quantitative estimate of drug-likeness (QED) is 0.177. The maximum Gasteiger partial charge on any atom is 0.431 e. The fraction of sp³-hybridized carbons (Fsp3) is 0.125. The molecule has 14 heteroatoms. The van der Waals surface area contributed by atoms with Crippen molar-refractivity contribution in [2.24, 2.45) is 0 Å². The maximum atomic E-state index is 15.3. The van der Waals surface area contributed by atoms with E-state index in [0.29, 0.717) is 22.9 Å². The number of rotatable bonds is 7. The third kappa shape index (κ3) is 5.72. The largest absolute Gasteiger partial charge is 0.454 e. The number of benzene rings is 3. The highest BCUT2D eigenvalue weighted by molar-refractivity contribution is 6.04. The molecule has 0 fully saturated rings. The van der Waals surface area contributed by atoms with Gasteiger partial charge in [0.25, 0.3) is 11.5 Å². The Hall–Kier alpha value is -5.79. The van der Waals surface area contributed by atoms with Crippen molar-refractivity contribution in [2.75, 3.05) is 5.32 Å². The Balaban J connectivity index is 1.30. The average molecular weight is 635 g/mol. The Morgan fingerprint density at radius 1 is 0.957 bits per heavy atom. The molecule has 0 saturated carbocycles. The number of aromatic nitrogens is 5. The first-order chi connectivity index (χ1) is 21.9. The molecule has 6 aromatic rings. The number of halogens is 5. The van der Waals surface area contributed by atoms with Crippen LogP contribution < -0.4 is 15.6 Å². The van der Waals surface area contributed by atoms with Gasteiger partial charge in [-0.3, -0.25) is 23.9 Å². The molecule has 2 N–H and O–H groups in total. The summed E-state index contributed by atoms with van der Waals surface area (Å²) in [6.07, 6.45) is -0.0468.